The second-order valence-corrected chi connectivity index (χ2v) is 6.16. The summed E-state index contributed by atoms with van der Waals surface area (Å²) in [6.07, 6.45) is 3.42. The smallest absolute Gasteiger partial charge is 0.223 e. The highest BCUT2D eigenvalue weighted by molar-refractivity contribution is 5.77. The minimum atomic E-state index is 0.219. The first-order valence-corrected chi connectivity index (χ1v) is 8.11. The van der Waals surface area contributed by atoms with Crippen molar-refractivity contribution in [3.63, 3.8) is 0 Å². The summed E-state index contributed by atoms with van der Waals surface area (Å²) in [6.45, 7) is 4.16. The summed E-state index contributed by atoms with van der Waals surface area (Å²) in [5, 5.41) is 0. The third kappa shape index (κ3) is 4.09. The zero-order chi connectivity index (χ0) is 17.0. The van der Waals surface area contributed by atoms with Crippen molar-refractivity contribution in [3.8, 4) is 17.2 Å². The Bertz CT molecular complexity index is 525. The van der Waals surface area contributed by atoms with Crippen LogP contribution in [0.5, 0.6) is 17.2 Å². The van der Waals surface area contributed by atoms with Crippen molar-refractivity contribution < 1.29 is 19.0 Å². The van der Waals surface area contributed by atoms with Crippen molar-refractivity contribution in [3.05, 3.63) is 17.7 Å². The Morgan fingerprint density at radius 2 is 1.70 bits per heavy atom. The lowest BCUT2D eigenvalue weighted by molar-refractivity contribution is -0.133. The van der Waals surface area contributed by atoms with Crippen molar-refractivity contribution in [2.75, 3.05) is 21.3 Å². The fourth-order valence-electron chi connectivity index (χ4n) is 2.93. The lowest BCUT2D eigenvalue weighted by Crippen LogP contribution is -2.38. The SMILES string of the molecule is COc1cc(CCC(=O)N(C(C)C)C2CC2)cc(OC)c1OC. The first-order valence-electron chi connectivity index (χ1n) is 8.11. The minimum Gasteiger partial charge on any atom is -0.493 e. The Kier molecular flexibility index (Phi) is 5.74. The molecule has 23 heavy (non-hydrogen) atoms. The zero-order valence-electron chi connectivity index (χ0n) is 14.7. The van der Waals surface area contributed by atoms with Crippen LogP contribution in [-0.4, -0.2) is 44.2 Å². The fourth-order valence-corrected chi connectivity index (χ4v) is 2.93. The lowest BCUT2D eigenvalue weighted by Gasteiger charge is -2.26. The second kappa shape index (κ2) is 7.57. The van der Waals surface area contributed by atoms with E-state index < -0.39 is 0 Å². The molecule has 0 atom stereocenters. The third-order valence-electron chi connectivity index (χ3n) is 4.14. The molecule has 0 aliphatic heterocycles. The summed E-state index contributed by atoms with van der Waals surface area (Å²) in [6, 6.07) is 4.52. The first kappa shape index (κ1) is 17.4. The first-order chi connectivity index (χ1) is 11.0. The van der Waals surface area contributed by atoms with Gasteiger partial charge in [0.15, 0.2) is 11.5 Å². The molecule has 5 heteroatoms. The summed E-state index contributed by atoms with van der Waals surface area (Å²) in [5.74, 6) is 2.04. The maximum absolute atomic E-state index is 12.5. The van der Waals surface area contributed by atoms with Gasteiger partial charge < -0.3 is 19.1 Å². The molecular formula is C18H27NO4. The third-order valence-corrected chi connectivity index (χ3v) is 4.14. The molecule has 1 aliphatic carbocycles. The number of hydrogen-bond acceptors (Lipinski definition) is 4. The van der Waals surface area contributed by atoms with Crippen LogP contribution < -0.4 is 14.2 Å². The van der Waals surface area contributed by atoms with Crippen LogP contribution >= 0.6 is 0 Å². The number of ether oxygens (including phenoxy) is 3. The molecule has 0 unspecified atom stereocenters. The summed E-state index contributed by atoms with van der Waals surface area (Å²) >= 11 is 0. The Morgan fingerprint density at radius 3 is 2.09 bits per heavy atom. The van der Waals surface area contributed by atoms with E-state index in [4.69, 9.17) is 14.2 Å². The molecule has 0 heterocycles. The standard InChI is InChI=1S/C18H27NO4/c1-12(2)19(14-7-8-14)17(20)9-6-13-10-15(21-3)18(23-5)16(11-13)22-4/h10-12,14H,6-9H2,1-5H3. The highest BCUT2D eigenvalue weighted by atomic mass is 16.5. The second-order valence-electron chi connectivity index (χ2n) is 6.16. The van der Waals surface area contributed by atoms with Crippen molar-refractivity contribution in [2.45, 2.75) is 51.6 Å². The molecule has 0 aromatic heterocycles. The van der Waals surface area contributed by atoms with Crippen molar-refractivity contribution >= 4 is 5.91 Å². The summed E-state index contributed by atoms with van der Waals surface area (Å²) in [5.41, 5.74) is 1.01. The molecule has 1 aromatic carbocycles. The van der Waals surface area contributed by atoms with Gasteiger partial charge in [0.05, 0.1) is 21.3 Å². The van der Waals surface area contributed by atoms with Gasteiger partial charge in [-0.2, -0.15) is 0 Å². The van der Waals surface area contributed by atoms with Gasteiger partial charge >= 0.3 is 0 Å². The van der Waals surface area contributed by atoms with Crippen LogP contribution in [0.3, 0.4) is 0 Å². The molecule has 0 N–H and O–H groups in total. The predicted octanol–water partition coefficient (Wildman–Crippen LogP) is 3.04. The molecular weight excluding hydrogens is 294 g/mol. The molecule has 2 rings (SSSR count). The van der Waals surface area contributed by atoms with Crippen LogP contribution in [0.1, 0.15) is 38.7 Å². The van der Waals surface area contributed by atoms with Gasteiger partial charge in [-0.15, -0.1) is 0 Å². The largest absolute Gasteiger partial charge is 0.493 e. The number of amides is 1. The van der Waals surface area contributed by atoms with Gasteiger partial charge in [-0.3, -0.25) is 4.79 Å². The minimum absolute atomic E-state index is 0.219. The number of hydrogen-bond donors (Lipinski definition) is 0. The summed E-state index contributed by atoms with van der Waals surface area (Å²) in [4.78, 5) is 14.5. The highest BCUT2D eigenvalue weighted by Gasteiger charge is 2.33. The van der Waals surface area contributed by atoms with Gasteiger partial charge in [-0.25, -0.2) is 0 Å². The van der Waals surface area contributed by atoms with E-state index in [1.54, 1.807) is 21.3 Å². The van der Waals surface area contributed by atoms with Crippen molar-refractivity contribution in [2.24, 2.45) is 0 Å². The summed E-state index contributed by atoms with van der Waals surface area (Å²) < 4.78 is 16.0. The highest BCUT2D eigenvalue weighted by Crippen LogP contribution is 2.38. The molecule has 0 spiro atoms. The maximum atomic E-state index is 12.5. The van der Waals surface area contributed by atoms with Crippen molar-refractivity contribution in [1.82, 2.24) is 4.90 Å². The van der Waals surface area contributed by atoms with E-state index >= 15 is 0 Å². The Labute approximate surface area is 138 Å². The summed E-state index contributed by atoms with van der Waals surface area (Å²) in [7, 11) is 4.78. The zero-order valence-corrected chi connectivity index (χ0v) is 14.7. The molecule has 1 aliphatic rings. The molecule has 0 saturated heterocycles. The normalized spacial score (nSPS) is 13.8. The van der Waals surface area contributed by atoms with Crippen LogP contribution in [0.15, 0.2) is 12.1 Å². The number of benzene rings is 1. The van der Waals surface area contributed by atoms with Gasteiger partial charge in [0.1, 0.15) is 0 Å². The number of nitrogens with zero attached hydrogens (tertiary/aromatic N) is 1. The quantitative estimate of drug-likeness (QED) is 0.738. The monoisotopic (exact) mass is 321 g/mol. The molecule has 1 fully saturated rings. The van der Waals surface area contributed by atoms with E-state index in [1.165, 1.54) is 0 Å². The molecule has 0 radical (unpaired) electrons. The van der Waals surface area contributed by atoms with E-state index in [2.05, 4.69) is 13.8 Å². The van der Waals surface area contributed by atoms with E-state index in [0.717, 1.165) is 18.4 Å². The van der Waals surface area contributed by atoms with Crippen molar-refractivity contribution in [1.29, 1.82) is 0 Å². The van der Waals surface area contributed by atoms with E-state index in [9.17, 15) is 4.79 Å². The van der Waals surface area contributed by atoms with Gasteiger partial charge in [0.25, 0.3) is 0 Å². The van der Waals surface area contributed by atoms with Gasteiger partial charge in [-0.05, 0) is 50.8 Å². The fraction of sp³-hybridized carbons (Fsp3) is 0.611. The number of rotatable bonds is 8. The van der Waals surface area contributed by atoms with E-state index in [0.29, 0.717) is 36.1 Å². The topological polar surface area (TPSA) is 48.0 Å². The maximum Gasteiger partial charge on any atom is 0.223 e. The molecule has 1 saturated carbocycles. The lowest BCUT2D eigenvalue weighted by atomic mass is 10.1. The number of methoxy groups -OCH3 is 3. The molecule has 5 nitrogen and oxygen atoms in total. The van der Waals surface area contributed by atoms with E-state index in [-0.39, 0.29) is 11.9 Å². The number of carbonyl (C=O) groups excluding carboxylic acids is 1. The van der Waals surface area contributed by atoms with Crippen LogP contribution in [0, 0.1) is 0 Å². The predicted molar refractivity (Wildman–Crippen MR) is 89.4 cm³/mol. The van der Waals surface area contributed by atoms with Crippen LogP contribution in [0.4, 0.5) is 0 Å². The van der Waals surface area contributed by atoms with Crippen LogP contribution in [-0.2, 0) is 11.2 Å². The average Bonchev–Trinajstić information content (AvgIpc) is 3.36. The van der Waals surface area contributed by atoms with Crippen LogP contribution in [0.2, 0.25) is 0 Å². The van der Waals surface area contributed by atoms with Gasteiger partial charge in [0, 0.05) is 18.5 Å². The Morgan fingerprint density at radius 1 is 1.13 bits per heavy atom. The average molecular weight is 321 g/mol. The Hall–Kier alpha value is -1.91. The van der Waals surface area contributed by atoms with E-state index in [1.807, 2.05) is 17.0 Å². The Balaban J connectivity index is 2.09. The molecule has 1 aromatic rings. The van der Waals surface area contributed by atoms with Crippen LogP contribution in [0.25, 0.3) is 0 Å². The molecule has 128 valence electrons. The van der Waals surface area contributed by atoms with Gasteiger partial charge in [-0.1, -0.05) is 0 Å². The number of carbonyl (C=O) groups is 1. The molecule has 1 amide bonds. The molecule has 0 bridgehead atoms. The van der Waals surface area contributed by atoms with Gasteiger partial charge in [0.2, 0.25) is 11.7 Å². The number of aryl methyl sites for hydroxylation is 1.